The number of carbonyl (C=O) groups excluding carboxylic acids is 1. The molecule has 0 aliphatic carbocycles. The molecule has 0 aliphatic heterocycles. The SMILES string of the molecule is COc1ccc(S(=O)(=O)N(C)c2ccnc(C(=O)[O-])c2)cc1. The van der Waals surface area contributed by atoms with E-state index in [4.69, 9.17) is 4.74 Å². The molecule has 0 bridgehead atoms. The second kappa shape index (κ2) is 6.02. The second-order valence-corrected chi connectivity index (χ2v) is 6.30. The maximum absolute atomic E-state index is 12.5. The first-order valence-corrected chi connectivity index (χ1v) is 7.60. The highest BCUT2D eigenvalue weighted by atomic mass is 32.2. The Morgan fingerprint density at radius 3 is 2.41 bits per heavy atom. The number of methoxy groups -OCH3 is 1. The standard InChI is InChI=1S/C14H14N2O5S/c1-16(10-7-8-15-13(9-10)14(17)18)22(19,20)12-5-3-11(21-2)4-6-12/h3-9H,1-2H3,(H,17,18)/p-1. The zero-order valence-electron chi connectivity index (χ0n) is 11.9. The van der Waals surface area contributed by atoms with Crippen molar-refractivity contribution in [2.45, 2.75) is 4.90 Å². The van der Waals surface area contributed by atoms with Crippen molar-refractivity contribution >= 4 is 21.7 Å². The summed E-state index contributed by atoms with van der Waals surface area (Å²) in [7, 11) is -1.02. The lowest BCUT2D eigenvalue weighted by molar-refractivity contribution is -0.255. The predicted octanol–water partition coefficient (Wildman–Crippen LogP) is 0.279. The lowest BCUT2D eigenvalue weighted by Crippen LogP contribution is -2.28. The van der Waals surface area contributed by atoms with E-state index < -0.39 is 16.0 Å². The zero-order valence-corrected chi connectivity index (χ0v) is 12.7. The summed E-state index contributed by atoms with van der Waals surface area (Å²) in [5.41, 5.74) is -0.167. The summed E-state index contributed by atoms with van der Waals surface area (Å²) in [5, 5.41) is 10.8. The van der Waals surface area contributed by atoms with Gasteiger partial charge < -0.3 is 14.6 Å². The lowest BCUT2D eigenvalue weighted by Gasteiger charge is -2.20. The van der Waals surface area contributed by atoms with Crippen molar-refractivity contribution in [2.75, 3.05) is 18.5 Å². The number of aromatic nitrogens is 1. The Morgan fingerprint density at radius 2 is 1.86 bits per heavy atom. The van der Waals surface area contributed by atoms with Crippen molar-refractivity contribution in [3.8, 4) is 5.75 Å². The number of hydrogen-bond acceptors (Lipinski definition) is 6. The third-order valence-electron chi connectivity index (χ3n) is 3.03. The van der Waals surface area contributed by atoms with Crippen LogP contribution in [0.1, 0.15) is 10.5 Å². The average Bonchev–Trinajstić information content (AvgIpc) is 2.54. The van der Waals surface area contributed by atoms with Gasteiger partial charge in [-0.05, 0) is 36.4 Å². The Bertz CT molecular complexity index is 787. The van der Waals surface area contributed by atoms with E-state index in [1.54, 1.807) is 0 Å². The Kier molecular flexibility index (Phi) is 4.32. The Balaban J connectivity index is 2.39. The minimum absolute atomic E-state index is 0.0580. The molecular weight excluding hydrogens is 308 g/mol. The largest absolute Gasteiger partial charge is 0.543 e. The minimum Gasteiger partial charge on any atom is -0.543 e. The molecule has 22 heavy (non-hydrogen) atoms. The third-order valence-corrected chi connectivity index (χ3v) is 4.83. The number of carbonyl (C=O) groups is 1. The van der Waals surface area contributed by atoms with E-state index in [1.165, 1.54) is 50.7 Å². The first-order chi connectivity index (χ1) is 10.4. The molecule has 0 amide bonds. The number of sulfonamides is 1. The number of nitrogens with zero attached hydrogens (tertiary/aromatic N) is 2. The summed E-state index contributed by atoms with van der Waals surface area (Å²) in [5.74, 6) is -0.943. The number of ether oxygens (including phenoxy) is 1. The van der Waals surface area contributed by atoms with Gasteiger partial charge in [0.05, 0.1) is 29.4 Å². The Hall–Kier alpha value is -2.61. The van der Waals surface area contributed by atoms with E-state index in [1.807, 2.05) is 0 Å². The molecule has 0 spiro atoms. The minimum atomic E-state index is -3.82. The molecule has 0 saturated heterocycles. The van der Waals surface area contributed by atoms with E-state index in [0.29, 0.717) is 5.75 Å². The molecule has 7 nitrogen and oxygen atoms in total. The molecule has 8 heteroatoms. The second-order valence-electron chi connectivity index (χ2n) is 4.33. The van der Waals surface area contributed by atoms with Crippen LogP contribution in [0.2, 0.25) is 0 Å². The van der Waals surface area contributed by atoms with Gasteiger partial charge in [0.1, 0.15) is 5.75 Å². The fraction of sp³-hybridized carbons (Fsp3) is 0.143. The van der Waals surface area contributed by atoms with Crippen molar-refractivity contribution < 1.29 is 23.1 Å². The molecule has 1 heterocycles. The quantitative estimate of drug-likeness (QED) is 0.784. The normalized spacial score (nSPS) is 11.0. The van der Waals surface area contributed by atoms with Crippen molar-refractivity contribution in [3.63, 3.8) is 0 Å². The number of carboxylic acid groups (broad SMARTS) is 1. The van der Waals surface area contributed by atoms with Crippen molar-refractivity contribution in [3.05, 3.63) is 48.3 Å². The molecule has 1 aromatic heterocycles. The summed E-state index contributed by atoms with van der Waals surface area (Å²) in [6.45, 7) is 0. The highest BCUT2D eigenvalue weighted by Gasteiger charge is 2.21. The van der Waals surface area contributed by atoms with Gasteiger partial charge in [-0.1, -0.05) is 0 Å². The molecular formula is C14H13N2O5S-. The molecule has 0 unspecified atom stereocenters. The molecule has 116 valence electrons. The van der Waals surface area contributed by atoms with Crippen LogP contribution in [0.25, 0.3) is 0 Å². The van der Waals surface area contributed by atoms with Gasteiger partial charge in [0, 0.05) is 13.2 Å². The van der Waals surface area contributed by atoms with E-state index >= 15 is 0 Å². The summed E-state index contributed by atoms with van der Waals surface area (Å²) in [6.07, 6.45) is 1.21. The smallest absolute Gasteiger partial charge is 0.264 e. The number of anilines is 1. The summed E-state index contributed by atoms with van der Waals surface area (Å²) < 4.78 is 31.0. The summed E-state index contributed by atoms with van der Waals surface area (Å²) >= 11 is 0. The van der Waals surface area contributed by atoms with E-state index in [9.17, 15) is 18.3 Å². The number of hydrogen-bond donors (Lipinski definition) is 0. The number of aromatic carboxylic acids is 1. The first-order valence-electron chi connectivity index (χ1n) is 6.16. The van der Waals surface area contributed by atoms with Gasteiger partial charge in [0.2, 0.25) is 0 Å². The molecule has 2 aromatic rings. The van der Waals surface area contributed by atoms with Crippen molar-refractivity contribution in [1.29, 1.82) is 0 Å². The van der Waals surface area contributed by atoms with Crippen LogP contribution in [0, 0.1) is 0 Å². The number of rotatable bonds is 5. The van der Waals surface area contributed by atoms with E-state index in [0.717, 1.165) is 10.4 Å². The third kappa shape index (κ3) is 3.01. The van der Waals surface area contributed by atoms with Gasteiger partial charge in [-0.25, -0.2) is 8.42 Å². The Morgan fingerprint density at radius 1 is 1.23 bits per heavy atom. The summed E-state index contributed by atoms with van der Waals surface area (Å²) in [6, 6.07) is 8.40. The molecule has 2 rings (SSSR count). The fourth-order valence-corrected chi connectivity index (χ4v) is 2.96. The van der Waals surface area contributed by atoms with Gasteiger partial charge in [-0.15, -0.1) is 0 Å². The summed E-state index contributed by atoms with van der Waals surface area (Å²) in [4.78, 5) is 14.5. The highest BCUT2D eigenvalue weighted by Crippen LogP contribution is 2.23. The van der Waals surface area contributed by atoms with Crippen LogP contribution in [0.15, 0.2) is 47.5 Å². The molecule has 0 fully saturated rings. The van der Waals surface area contributed by atoms with Crippen LogP contribution < -0.4 is 14.1 Å². The van der Waals surface area contributed by atoms with Gasteiger partial charge in [0.25, 0.3) is 10.0 Å². The number of carboxylic acids is 1. The van der Waals surface area contributed by atoms with Crippen LogP contribution in [-0.4, -0.2) is 33.5 Å². The van der Waals surface area contributed by atoms with Crippen molar-refractivity contribution in [2.24, 2.45) is 0 Å². The number of pyridine rings is 1. The van der Waals surface area contributed by atoms with Gasteiger partial charge in [0.15, 0.2) is 0 Å². The lowest BCUT2D eigenvalue weighted by atomic mass is 10.3. The van der Waals surface area contributed by atoms with E-state index in [2.05, 4.69) is 4.98 Å². The van der Waals surface area contributed by atoms with Gasteiger partial charge in [-0.2, -0.15) is 0 Å². The van der Waals surface area contributed by atoms with Crippen LogP contribution in [0.5, 0.6) is 5.75 Å². The predicted molar refractivity (Wildman–Crippen MR) is 77.2 cm³/mol. The molecule has 0 radical (unpaired) electrons. The molecule has 0 saturated carbocycles. The van der Waals surface area contributed by atoms with Crippen LogP contribution in [-0.2, 0) is 10.0 Å². The molecule has 0 aliphatic rings. The molecule has 1 aromatic carbocycles. The monoisotopic (exact) mass is 321 g/mol. The topological polar surface area (TPSA) is 99.6 Å². The fourth-order valence-electron chi connectivity index (χ4n) is 1.77. The first kappa shape index (κ1) is 15.8. The van der Waals surface area contributed by atoms with Crippen LogP contribution >= 0.6 is 0 Å². The van der Waals surface area contributed by atoms with Gasteiger partial charge >= 0.3 is 0 Å². The zero-order chi connectivity index (χ0) is 16.3. The van der Waals surface area contributed by atoms with Crippen molar-refractivity contribution in [1.82, 2.24) is 4.98 Å². The van der Waals surface area contributed by atoms with Crippen LogP contribution in [0.3, 0.4) is 0 Å². The average molecular weight is 321 g/mol. The highest BCUT2D eigenvalue weighted by molar-refractivity contribution is 7.92. The van der Waals surface area contributed by atoms with E-state index in [-0.39, 0.29) is 16.3 Å². The Labute approximate surface area is 127 Å². The van der Waals surface area contributed by atoms with Crippen LogP contribution in [0.4, 0.5) is 5.69 Å². The number of benzene rings is 1. The molecule has 0 atom stereocenters. The maximum atomic E-state index is 12.5. The maximum Gasteiger partial charge on any atom is 0.264 e. The van der Waals surface area contributed by atoms with Gasteiger partial charge in [-0.3, -0.25) is 9.29 Å². The molecule has 0 N–H and O–H groups in total.